The Hall–Kier alpha value is -2.66. The summed E-state index contributed by atoms with van der Waals surface area (Å²) >= 11 is 3.26. The van der Waals surface area contributed by atoms with Gasteiger partial charge in [0.15, 0.2) is 17.2 Å². The van der Waals surface area contributed by atoms with Gasteiger partial charge in [0.1, 0.15) is 5.75 Å². The third kappa shape index (κ3) is 3.32. The molecule has 10 heteroatoms. The number of Topliss-reactive ketones (excluding diaryl/α,β-unsaturated/α-hetero) is 3. The van der Waals surface area contributed by atoms with Crippen molar-refractivity contribution in [3.63, 3.8) is 0 Å². The summed E-state index contributed by atoms with van der Waals surface area (Å²) in [4.78, 5) is 55.2. The van der Waals surface area contributed by atoms with Crippen molar-refractivity contribution in [2.24, 2.45) is 23.5 Å². The molecule has 0 heterocycles. The summed E-state index contributed by atoms with van der Waals surface area (Å²) < 4.78 is 0.0667. The molecule has 0 aliphatic heterocycles. The highest BCUT2D eigenvalue weighted by Gasteiger charge is 2.70. The van der Waals surface area contributed by atoms with Gasteiger partial charge in [0, 0.05) is 27.8 Å². The van der Waals surface area contributed by atoms with Gasteiger partial charge in [-0.2, -0.15) is 0 Å². The fourth-order valence-corrected chi connectivity index (χ4v) is 8.08. The highest BCUT2D eigenvalue weighted by atomic mass is 79.9. The smallest absolute Gasteiger partial charge is 0.253 e. The molecule has 0 radical (unpaired) electrons. The van der Waals surface area contributed by atoms with E-state index in [1.54, 1.807) is 38.1 Å². The van der Waals surface area contributed by atoms with Crippen molar-refractivity contribution in [3.8, 4) is 5.75 Å². The van der Waals surface area contributed by atoms with Crippen molar-refractivity contribution >= 4 is 39.2 Å². The van der Waals surface area contributed by atoms with E-state index in [4.69, 9.17) is 5.73 Å². The molecule has 1 amide bonds. The first-order chi connectivity index (χ1) is 17.3. The Labute approximate surface area is 222 Å². The minimum atomic E-state index is -2.86. The molecule has 0 spiro atoms. The van der Waals surface area contributed by atoms with E-state index < -0.39 is 70.2 Å². The number of amides is 1. The van der Waals surface area contributed by atoms with Gasteiger partial charge in [-0.1, -0.05) is 47.1 Å². The number of primary amides is 1. The summed E-state index contributed by atoms with van der Waals surface area (Å²) in [5.41, 5.74) is 3.07. The Morgan fingerprint density at radius 1 is 1.19 bits per heavy atom. The lowest BCUT2D eigenvalue weighted by molar-refractivity contribution is -0.184. The Morgan fingerprint density at radius 3 is 2.41 bits per heavy atom. The van der Waals surface area contributed by atoms with Gasteiger partial charge in [0.2, 0.25) is 5.78 Å². The minimum absolute atomic E-state index is 0.0200. The van der Waals surface area contributed by atoms with E-state index >= 15 is 0 Å². The maximum absolute atomic E-state index is 14.0. The maximum atomic E-state index is 14.0. The number of benzene rings is 1. The van der Waals surface area contributed by atoms with Gasteiger partial charge in [-0.05, 0) is 38.4 Å². The number of ketones is 3. The van der Waals surface area contributed by atoms with Crippen LogP contribution in [0.5, 0.6) is 5.75 Å². The summed E-state index contributed by atoms with van der Waals surface area (Å²) in [6.45, 7) is 1.76. The van der Waals surface area contributed by atoms with Crippen LogP contribution in [0.4, 0.5) is 0 Å². The highest BCUT2D eigenvalue weighted by molar-refractivity contribution is 9.11. The Morgan fingerprint density at radius 2 is 1.84 bits per heavy atom. The first kappa shape index (κ1) is 26.0. The van der Waals surface area contributed by atoms with Gasteiger partial charge in [0.05, 0.1) is 29.2 Å². The number of halogens is 1. The van der Waals surface area contributed by atoms with E-state index in [1.807, 2.05) is 12.2 Å². The third-order valence-electron chi connectivity index (χ3n) is 8.75. The molecule has 1 aromatic carbocycles. The van der Waals surface area contributed by atoms with Gasteiger partial charge in [-0.25, -0.2) is 0 Å². The lowest BCUT2D eigenvalue weighted by Crippen LogP contribution is -2.73. The lowest BCUT2D eigenvalue weighted by atomic mass is 9.51. The third-order valence-corrected chi connectivity index (χ3v) is 9.62. The molecule has 4 aliphatic rings. The number of phenols is 1. The van der Waals surface area contributed by atoms with Crippen molar-refractivity contribution in [2.75, 3.05) is 14.1 Å². The average molecular weight is 573 g/mol. The van der Waals surface area contributed by atoms with Crippen molar-refractivity contribution < 1.29 is 34.5 Å². The summed E-state index contributed by atoms with van der Waals surface area (Å²) in [6.07, 6.45) is 4.10. The number of rotatable bonds is 3. The number of nitrogens with two attached hydrogens (primary N) is 1. The standard InChI is InChI=1S/C27H29BrN2O7/c1-10-12-8-9-13(11-6-4-5-7-11)21(31)15(12)22(32)16-14(10)23(33)18-20(30(2)3)19(28)17(26(29)36)25(35)27(18,37)24(16)34/h4,6,8-11,14,16,18,20,23,31,33,37H,5,7H2,1-3H3,(H2,29,36)/t10-,11?,14+,16?,18+,20-,23-,27-/m1/s1. The number of carbonyl (C=O) groups excluding carboxylic acids is 4. The van der Waals surface area contributed by atoms with Crippen LogP contribution in [0, 0.1) is 17.8 Å². The Balaban J connectivity index is 1.70. The fraction of sp³-hybridized carbons (Fsp3) is 0.481. The van der Waals surface area contributed by atoms with Crippen LogP contribution < -0.4 is 5.73 Å². The van der Waals surface area contributed by atoms with E-state index in [0.29, 0.717) is 11.1 Å². The quantitative estimate of drug-likeness (QED) is 0.239. The molecule has 196 valence electrons. The van der Waals surface area contributed by atoms with Crippen LogP contribution in [-0.2, 0) is 14.4 Å². The molecule has 5 N–H and O–H groups in total. The van der Waals surface area contributed by atoms with Crippen molar-refractivity contribution in [2.45, 2.75) is 49.3 Å². The zero-order chi connectivity index (χ0) is 27.1. The zero-order valence-corrected chi connectivity index (χ0v) is 22.2. The summed E-state index contributed by atoms with van der Waals surface area (Å²) in [6, 6.07) is 2.58. The van der Waals surface area contributed by atoms with E-state index in [9.17, 15) is 34.5 Å². The molecule has 1 fully saturated rings. The predicted octanol–water partition coefficient (Wildman–Crippen LogP) is 1.30. The lowest BCUT2D eigenvalue weighted by Gasteiger charge is -2.55. The van der Waals surface area contributed by atoms with Crippen LogP contribution >= 0.6 is 15.9 Å². The number of phenolic OH excluding ortho intramolecular Hbond substituents is 1. The van der Waals surface area contributed by atoms with Crippen LogP contribution in [0.25, 0.3) is 0 Å². The van der Waals surface area contributed by atoms with Crippen LogP contribution in [0.15, 0.2) is 34.3 Å². The number of hydrogen-bond acceptors (Lipinski definition) is 8. The second-order valence-electron chi connectivity index (χ2n) is 10.8. The van der Waals surface area contributed by atoms with E-state index in [2.05, 4.69) is 15.9 Å². The highest BCUT2D eigenvalue weighted by Crippen LogP contribution is 2.56. The van der Waals surface area contributed by atoms with Crippen molar-refractivity contribution in [3.05, 3.63) is 51.0 Å². The molecule has 9 nitrogen and oxygen atoms in total. The molecule has 37 heavy (non-hydrogen) atoms. The van der Waals surface area contributed by atoms with E-state index in [-0.39, 0.29) is 21.7 Å². The number of likely N-dealkylation sites (N-methyl/N-ethyl adjacent to an activating group) is 1. The van der Waals surface area contributed by atoms with Gasteiger partial charge < -0.3 is 26.0 Å². The second-order valence-corrected chi connectivity index (χ2v) is 11.6. The SMILES string of the molecule is C[C@@H]1c2ccc(C3C=CCC3)c(O)c2C(=O)C2C(=O)[C@@]3(O)C(=O)C(C(N)=O)=C(Br)[C@H](N(C)C)[C@H]3[C@H](O)[C@H]21. The number of fused-ring (bicyclic) bond motifs is 3. The zero-order valence-electron chi connectivity index (χ0n) is 20.6. The second kappa shape index (κ2) is 8.69. The monoisotopic (exact) mass is 572 g/mol. The van der Waals surface area contributed by atoms with Crippen LogP contribution in [0.1, 0.15) is 53.1 Å². The van der Waals surface area contributed by atoms with Crippen LogP contribution in [0.2, 0.25) is 0 Å². The molecule has 0 bridgehead atoms. The summed E-state index contributed by atoms with van der Waals surface area (Å²) in [5, 5.41) is 34.7. The molecule has 8 atom stereocenters. The molecule has 0 saturated heterocycles. The molecule has 5 rings (SSSR count). The molecular formula is C27H29BrN2O7. The summed E-state index contributed by atoms with van der Waals surface area (Å²) in [5.74, 6) is -8.98. The number of hydrogen-bond donors (Lipinski definition) is 4. The fourth-order valence-electron chi connectivity index (χ4n) is 7.01. The van der Waals surface area contributed by atoms with Crippen LogP contribution in [-0.4, -0.2) is 75.3 Å². The molecule has 1 aromatic rings. The topological polar surface area (TPSA) is 158 Å². The Kier molecular flexibility index (Phi) is 6.10. The summed E-state index contributed by atoms with van der Waals surface area (Å²) in [7, 11) is 3.23. The molecular weight excluding hydrogens is 544 g/mol. The van der Waals surface area contributed by atoms with Gasteiger partial charge >= 0.3 is 0 Å². The van der Waals surface area contributed by atoms with E-state index in [1.165, 1.54) is 0 Å². The largest absolute Gasteiger partial charge is 0.507 e. The number of allylic oxidation sites excluding steroid dienone is 2. The molecule has 0 aromatic heterocycles. The van der Waals surface area contributed by atoms with Gasteiger partial charge in [0.25, 0.3) is 5.91 Å². The normalized spacial score (nSPS) is 37.1. The van der Waals surface area contributed by atoms with Crippen molar-refractivity contribution in [1.29, 1.82) is 0 Å². The average Bonchev–Trinajstić information content (AvgIpc) is 3.35. The molecule has 4 aliphatic carbocycles. The van der Waals surface area contributed by atoms with Crippen molar-refractivity contribution in [1.82, 2.24) is 4.90 Å². The number of carbonyl (C=O) groups is 4. The van der Waals surface area contributed by atoms with E-state index in [0.717, 1.165) is 12.8 Å². The number of aliphatic hydroxyl groups is 2. The Bertz CT molecular complexity index is 1320. The predicted molar refractivity (Wildman–Crippen MR) is 136 cm³/mol. The van der Waals surface area contributed by atoms with Crippen LogP contribution in [0.3, 0.4) is 0 Å². The maximum Gasteiger partial charge on any atom is 0.253 e. The molecule has 2 unspecified atom stereocenters. The van der Waals surface area contributed by atoms with Gasteiger partial charge in [-0.3, -0.25) is 19.2 Å². The number of aromatic hydroxyl groups is 1. The first-order valence-corrected chi connectivity index (χ1v) is 13.1. The molecule has 1 saturated carbocycles. The number of aliphatic hydroxyl groups excluding tert-OH is 1. The first-order valence-electron chi connectivity index (χ1n) is 12.3. The number of nitrogens with zero attached hydrogens (tertiary/aromatic N) is 1. The van der Waals surface area contributed by atoms with Gasteiger partial charge in [-0.15, -0.1) is 0 Å². The minimum Gasteiger partial charge on any atom is -0.507 e.